The fraction of sp³-hybridized carbons (Fsp3) is 0.500. The fourth-order valence-corrected chi connectivity index (χ4v) is 2.81. The fourth-order valence-electron chi connectivity index (χ4n) is 2.69. The molecular weight excluding hydrogens is 248 g/mol. The number of rotatable bonds is 2. The number of amides is 1. The van der Waals surface area contributed by atoms with Gasteiger partial charge in [-0.3, -0.25) is 4.79 Å². The molecule has 2 unspecified atom stereocenters. The maximum Gasteiger partial charge on any atom is 0.217 e. The van der Waals surface area contributed by atoms with E-state index in [0.29, 0.717) is 5.92 Å². The van der Waals surface area contributed by atoms with E-state index in [-0.39, 0.29) is 11.9 Å². The number of hydrogen-bond donors (Lipinski definition) is 1. The van der Waals surface area contributed by atoms with Gasteiger partial charge in [0.05, 0.1) is 0 Å². The summed E-state index contributed by atoms with van der Waals surface area (Å²) >= 11 is 5.91. The van der Waals surface area contributed by atoms with E-state index in [9.17, 15) is 4.79 Å². The zero-order valence-electron chi connectivity index (χ0n) is 10.8. The number of nitrogens with one attached hydrogen (secondary N) is 1. The van der Waals surface area contributed by atoms with Gasteiger partial charge in [-0.1, -0.05) is 23.7 Å². The quantitative estimate of drug-likeness (QED) is 0.891. The minimum atomic E-state index is 0.0464. The highest BCUT2D eigenvalue weighted by molar-refractivity contribution is 6.30. The lowest BCUT2D eigenvalue weighted by atomic mass is 9.88. The van der Waals surface area contributed by atoms with Gasteiger partial charge in [-0.2, -0.15) is 0 Å². The van der Waals surface area contributed by atoms with E-state index in [2.05, 4.69) is 29.4 Å². The lowest BCUT2D eigenvalue weighted by Gasteiger charge is -2.36. The maximum absolute atomic E-state index is 11.2. The second-order valence-corrected chi connectivity index (χ2v) is 5.54. The van der Waals surface area contributed by atoms with Crippen molar-refractivity contribution in [3.05, 3.63) is 34.9 Å². The highest BCUT2D eigenvalue weighted by atomic mass is 35.5. The Morgan fingerprint density at radius 1 is 1.33 bits per heavy atom. The number of carbonyl (C=O) groups is 1. The van der Waals surface area contributed by atoms with Crippen molar-refractivity contribution in [2.45, 2.75) is 25.3 Å². The van der Waals surface area contributed by atoms with Gasteiger partial charge in [0.1, 0.15) is 0 Å². The smallest absolute Gasteiger partial charge is 0.217 e. The van der Waals surface area contributed by atoms with Gasteiger partial charge in [-0.25, -0.2) is 0 Å². The van der Waals surface area contributed by atoms with Crippen LogP contribution in [-0.2, 0) is 4.79 Å². The first-order chi connectivity index (χ1) is 8.54. The summed E-state index contributed by atoms with van der Waals surface area (Å²) in [5.74, 6) is 0.503. The van der Waals surface area contributed by atoms with Crippen LogP contribution in [0.4, 0.5) is 0 Å². The number of hydrogen-bond acceptors (Lipinski definition) is 2. The van der Waals surface area contributed by atoms with Crippen LogP contribution in [0.1, 0.15) is 24.8 Å². The van der Waals surface area contributed by atoms with Crippen LogP contribution in [0.25, 0.3) is 0 Å². The molecular formula is C14H19ClN2O. The Hall–Kier alpha value is -1.06. The molecule has 1 fully saturated rings. The monoisotopic (exact) mass is 266 g/mol. The standard InChI is InChI=1S/C14H19ClN2O/c1-10(18)16-14-7-12(8-17(2)9-14)11-3-5-13(15)6-4-11/h3-6,12,14H,7-9H2,1-2H3,(H,16,18). The Bertz CT molecular complexity index is 418. The molecule has 18 heavy (non-hydrogen) atoms. The Labute approximate surface area is 113 Å². The molecule has 0 spiro atoms. The van der Waals surface area contributed by atoms with Gasteiger partial charge in [0.15, 0.2) is 0 Å². The van der Waals surface area contributed by atoms with Crippen molar-refractivity contribution in [1.82, 2.24) is 10.2 Å². The summed E-state index contributed by atoms with van der Waals surface area (Å²) in [7, 11) is 2.09. The topological polar surface area (TPSA) is 32.3 Å². The molecule has 4 heteroatoms. The molecule has 0 aromatic heterocycles. The van der Waals surface area contributed by atoms with Crippen molar-refractivity contribution >= 4 is 17.5 Å². The molecule has 2 rings (SSSR count). The predicted molar refractivity (Wildman–Crippen MR) is 73.9 cm³/mol. The summed E-state index contributed by atoms with van der Waals surface area (Å²) in [6.07, 6.45) is 0.992. The predicted octanol–water partition coefficient (Wildman–Crippen LogP) is 2.26. The highest BCUT2D eigenvalue weighted by Crippen LogP contribution is 2.27. The molecule has 1 amide bonds. The van der Waals surface area contributed by atoms with Crippen LogP contribution in [0.15, 0.2) is 24.3 Å². The molecule has 1 aliphatic rings. The molecule has 1 aromatic rings. The van der Waals surface area contributed by atoms with Crippen LogP contribution in [0.2, 0.25) is 5.02 Å². The van der Waals surface area contributed by atoms with E-state index >= 15 is 0 Å². The van der Waals surface area contributed by atoms with Gasteiger partial charge in [0, 0.05) is 31.1 Å². The first kappa shape index (κ1) is 13.4. The lowest BCUT2D eigenvalue weighted by Crippen LogP contribution is -2.48. The van der Waals surface area contributed by atoms with Crippen molar-refractivity contribution in [2.75, 3.05) is 20.1 Å². The molecule has 0 radical (unpaired) electrons. The Kier molecular flexibility index (Phi) is 4.25. The van der Waals surface area contributed by atoms with E-state index in [1.54, 1.807) is 6.92 Å². The Morgan fingerprint density at radius 2 is 2.00 bits per heavy atom. The average Bonchev–Trinajstić information content (AvgIpc) is 2.28. The SMILES string of the molecule is CC(=O)NC1CC(c2ccc(Cl)cc2)CN(C)C1. The molecule has 0 saturated carbocycles. The largest absolute Gasteiger partial charge is 0.352 e. The van der Waals surface area contributed by atoms with Gasteiger partial charge < -0.3 is 10.2 Å². The molecule has 1 aromatic carbocycles. The summed E-state index contributed by atoms with van der Waals surface area (Å²) < 4.78 is 0. The third-order valence-electron chi connectivity index (χ3n) is 3.38. The third-order valence-corrected chi connectivity index (χ3v) is 3.63. The average molecular weight is 267 g/mol. The van der Waals surface area contributed by atoms with E-state index in [1.165, 1.54) is 5.56 Å². The van der Waals surface area contributed by atoms with Crippen molar-refractivity contribution in [1.29, 1.82) is 0 Å². The van der Waals surface area contributed by atoms with Crippen molar-refractivity contribution in [3.63, 3.8) is 0 Å². The Balaban J connectivity index is 2.08. The Morgan fingerprint density at radius 3 is 2.61 bits per heavy atom. The van der Waals surface area contributed by atoms with Gasteiger partial charge in [-0.15, -0.1) is 0 Å². The number of likely N-dealkylation sites (N-methyl/N-ethyl adjacent to an activating group) is 1. The molecule has 0 aliphatic carbocycles. The molecule has 2 atom stereocenters. The van der Waals surface area contributed by atoms with Gasteiger partial charge >= 0.3 is 0 Å². The molecule has 1 heterocycles. The van der Waals surface area contributed by atoms with Crippen LogP contribution >= 0.6 is 11.6 Å². The van der Waals surface area contributed by atoms with E-state index < -0.39 is 0 Å². The van der Waals surface area contributed by atoms with Crippen LogP contribution in [0.5, 0.6) is 0 Å². The van der Waals surface area contributed by atoms with Crippen LogP contribution in [0.3, 0.4) is 0 Å². The van der Waals surface area contributed by atoms with Crippen LogP contribution in [0, 0.1) is 0 Å². The van der Waals surface area contributed by atoms with Gasteiger partial charge in [0.2, 0.25) is 5.91 Å². The molecule has 1 aliphatic heterocycles. The van der Waals surface area contributed by atoms with Crippen molar-refractivity contribution in [3.8, 4) is 0 Å². The molecule has 1 N–H and O–H groups in total. The number of benzene rings is 1. The van der Waals surface area contributed by atoms with E-state index in [0.717, 1.165) is 24.5 Å². The van der Waals surface area contributed by atoms with E-state index in [4.69, 9.17) is 11.6 Å². The number of piperidine rings is 1. The summed E-state index contributed by atoms with van der Waals surface area (Å²) in [5.41, 5.74) is 1.29. The molecule has 98 valence electrons. The minimum Gasteiger partial charge on any atom is -0.352 e. The van der Waals surface area contributed by atoms with Crippen LogP contribution < -0.4 is 5.32 Å². The maximum atomic E-state index is 11.2. The lowest BCUT2D eigenvalue weighted by molar-refractivity contribution is -0.120. The number of nitrogens with zero attached hydrogens (tertiary/aromatic N) is 1. The molecule has 1 saturated heterocycles. The summed E-state index contributed by atoms with van der Waals surface area (Å²) in [6.45, 7) is 3.52. The van der Waals surface area contributed by atoms with Crippen LogP contribution in [-0.4, -0.2) is 37.0 Å². The zero-order chi connectivity index (χ0) is 13.1. The normalized spacial score (nSPS) is 24.8. The van der Waals surface area contributed by atoms with E-state index in [1.807, 2.05) is 12.1 Å². The van der Waals surface area contributed by atoms with Gasteiger partial charge in [0.25, 0.3) is 0 Å². The minimum absolute atomic E-state index is 0.0464. The summed E-state index contributed by atoms with van der Waals surface area (Å²) in [4.78, 5) is 13.4. The molecule has 3 nitrogen and oxygen atoms in total. The third kappa shape index (κ3) is 3.47. The first-order valence-electron chi connectivity index (χ1n) is 6.25. The number of likely N-dealkylation sites (tertiary alicyclic amines) is 1. The summed E-state index contributed by atoms with van der Waals surface area (Å²) in [5, 5.41) is 3.78. The van der Waals surface area contributed by atoms with Crippen molar-refractivity contribution < 1.29 is 4.79 Å². The highest BCUT2D eigenvalue weighted by Gasteiger charge is 2.26. The zero-order valence-corrected chi connectivity index (χ0v) is 11.6. The second-order valence-electron chi connectivity index (χ2n) is 5.10. The van der Waals surface area contributed by atoms with Crippen molar-refractivity contribution in [2.24, 2.45) is 0 Å². The van der Waals surface area contributed by atoms with Gasteiger partial charge in [-0.05, 0) is 37.1 Å². The first-order valence-corrected chi connectivity index (χ1v) is 6.63. The summed E-state index contributed by atoms with van der Waals surface area (Å²) in [6, 6.07) is 8.26. The second kappa shape index (κ2) is 5.72. The number of halogens is 1. The number of carbonyl (C=O) groups excluding carboxylic acids is 1. The molecule has 0 bridgehead atoms.